The maximum Gasteiger partial charge on any atom is 0.142 e. The highest BCUT2D eigenvalue weighted by Crippen LogP contribution is 2.30. The molecule has 0 amide bonds. The van der Waals surface area contributed by atoms with Crippen LogP contribution in [0, 0.1) is 6.92 Å². The minimum Gasteiger partial charge on any atom is -0.495 e. The first-order valence-electron chi connectivity index (χ1n) is 4.27. The molecule has 1 aromatic rings. The molecule has 1 N–H and O–H groups in total. The Balaban J connectivity index is 3.09. The largest absolute Gasteiger partial charge is 0.495 e. The van der Waals surface area contributed by atoms with Gasteiger partial charge in [-0.05, 0) is 31.5 Å². The van der Waals surface area contributed by atoms with Gasteiger partial charge in [0, 0.05) is 11.6 Å². The van der Waals surface area contributed by atoms with E-state index in [1.165, 1.54) is 0 Å². The third-order valence-electron chi connectivity index (χ3n) is 1.85. The summed E-state index contributed by atoms with van der Waals surface area (Å²) in [5, 5.41) is 3.95. The van der Waals surface area contributed by atoms with Gasteiger partial charge in [-0.2, -0.15) is 0 Å². The minimum atomic E-state index is 0.761. The van der Waals surface area contributed by atoms with E-state index in [1.807, 2.05) is 26.0 Å². The van der Waals surface area contributed by atoms with Gasteiger partial charge in [0.1, 0.15) is 5.75 Å². The van der Waals surface area contributed by atoms with Crippen LogP contribution in [0.4, 0.5) is 5.69 Å². The average Bonchev–Trinajstić information content (AvgIpc) is 2.11. The van der Waals surface area contributed by atoms with E-state index in [1.54, 1.807) is 7.11 Å². The number of nitrogens with one attached hydrogen (secondary N) is 1. The van der Waals surface area contributed by atoms with Crippen molar-refractivity contribution >= 4 is 17.3 Å². The summed E-state index contributed by atoms with van der Waals surface area (Å²) >= 11 is 5.98. The monoisotopic (exact) mass is 199 g/mol. The first kappa shape index (κ1) is 10.2. The van der Waals surface area contributed by atoms with Crippen molar-refractivity contribution < 1.29 is 4.74 Å². The third-order valence-corrected chi connectivity index (χ3v) is 2.26. The van der Waals surface area contributed by atoms with E-state index in [0.717, 1.165) is 28.6 Å². The highest BCUT2D eigenvalue weighted by molar-refractivity contribution is 6.31. The van der Waals surface area contributed by atoms with E-state index in [0.29, 0.717) is 0 Å². The normalized spacial score (nSPS) is 9.85. The van der Waals surface area contributed by atoms with Crippen LogP contribution in [0.1, 0.15) is 12.5 Å². The second-order valence-electron chi connectivity index (χ2n) is 2.83. The Kier molecular flexibility index (Phi) is 3.43. The van der Waals surface area contributed by atoms with Crippen molar-refractivity contribution in [3.05, 3.63) is 22.7 Å². The lowest BCUT2D eigenvalue weighted by atomic mass is 10.2. The Morgan fingerprint density at radius 3 is 2.69 bits per heavy atom. The Morgan fingerprint density at radius 2 is 2.15 bits per heavy atom. The van der Waals surface area contributed by atoms with E-state index in [2.05, 4.69) is 5.32 Å². The summed E-state index contributed by atoms with van der Waals surface area (Å²) in [6.07, 6.45) is 0. The molecule has 0 unspecified atom stereocenters. The Hall–Kier alpha value is -0.890. The van der Waals surface area contributed by atoms with Gasteiger partial charge in [-0.15, -0.1) is 0 Å². The molecule has 0 saturated heterocycles. The Bertz CT molecular complexity index is 299. The van der Waals surface area contributed by atoms with Crippen molar-refractivity contribution in [1.82, 2.24) is 0 Å². The molecule has 0 atom stereocenters. The number of rotatable bonds is 3. The Labute approximate surface area is 83.9 Å². The van der Waals surface area contributed by atoms with Crippen LogP contribution in [0.2, 0.25) is 5.02 Å². The van der Waals surface area contributed by atoms with Gasteiger partial charge >= 0.3 is 0 Å². The zero-order valence-electron chi connectivity index (χ0n) is 8.15. The second kappa shape index (κ2) is 4.38. The summed E-state index contributed by atoms with van der Waals surface area (Å²) in [7, 11) is 1.66. The van der Waals surface area contributed by atoms with Crippen molar-refractivity contribution in [3.8, 4) is 5.75 Å². The topological polar surface area (TPSA) is 21.3 Å². The van der Waals surface area contributed by atoms with Gasteiger partial charge in [-0.1, -0.05) is 11.6 Å². The van der Waals surface area contributed by atoms with Crippen LogP contribution in [0.15, 0.2) is 12.1 Å². The average molecular weight is 200 g/mol. The summed E-state index contributed by atoms with van der Waals surface area (Å²) < 4.78 is 5.21. The van der Waals surface area contributed by atoms with Crippen molar-refractivity contribution in [2.24, 2.45) is 0 Å². The molecular weight excluding hydrogens is 186 g/mol. The SMILES string of the molecule is CCNc1cc(Cl)c(C)cc1OC. The van der Waals surface area contributed by atoms with Crippen LogP contribution >= 0.6 is 11.6 Å². The summed E-state index contributed by atoms with van der Waals surface area (Å²) in [5.74, 6) is 0.837. The smallest absolute Gasteiger partial charge is 0.142 e. The van der Waals surface area contributed by atoms with Gasteiger partial charge in [0.2, 0.25) is 0 Å². The predicted molar refractivity (Wildman–Crippen MR) is 56.9 cm³/mol. The highest BCUT2D eigenvalue weighted by Gasteiger charge is 2.05. The first-order chi connectivity index (χ1) is 6.19. The van der Waals surface area contributed by atoms with E-state index >= 15 is 0 Å². The summed E-state index contributed by atoms with van der Waals surface area (Å²) in [5.41, 5.74) is 1.97. The van der Waals surface area contributed by atoms with E-state index < -0.39 is 0 Å². The zero-order valence-corrected chi connectivity index (χ0v) is 8.90. The van der Waals surface area contributed by atoms with Gasteiger partial charge in [-0.25, -0.2) is 0 Å². The van der Waals surface area contributed by atoms with Crippen LogP contribution in [0.3, 0.4) is 0 Å². The van der Waals surface area contributed by atoms with Gasteiger partial charge in [-0.3, -0.25) is 0 Å². The quantitative estimate of drug-likeness (QED) is 0.808. The minimum absolute atomic E-state index is 0.761. The lowest BCUT2D eigenvalue weighted by Crippen LogP contribution is -1.99. The molecule has 72 valence electrons. The summed E-state index contributed by atoms with van der Waals surface area (Å²) in [6, 6.07) is 3.82. The third kappa shape index (κ3) is 2.28. The maximum atomic E-state index is 5.98. The molecule has 0 heterocycles. The molecule has 0 aromatic heterocycles. The molecule has 1 rings (SSSR count). The molecule has 3 heteroatoms. The van der Waals surface area contributed by atoms with Crippen LogP contribution < -0.4 is 10.1 Å². The summed E-state index contributed by atoms with van der Waals surface area (Å²) in [4.78, 5) is 0. The fraction of sp³-hybridized carbons (Fsp3) is 0.400. The Morgan fingerprint density at radius 1 is 1.46 bits per heavy atom. The van der Waals surface area contributed by atoms with E-state index in [4.69, 9.17) is 16.3 Å². The van der Waals surface area contributed by atoms with Gasteiger partial charge in [0.25, 0.3) is 0 Å². The standard InChI is InChI=1S/C10H14ClNO/c1-4-12-9-6-8(11)7(2)5-10(9)13-3/h5-6,12H,4H2,1-3H3. The lowest BCUT2D eigenvalue weighted by molar-refractivity contribution is 0.416. The molecule has 0 aliphatic rings. The number of halogens is 1. The van der Waals surface area contributed by atoms with Crippen LogP contribution in [-0.4, -0.2) is 13.7 Å². The highest BCUT2D eigenvalue weighted by atomic mass is 35.5. The number of ether oxygens (including phenoxy) is 1. The number of hydrogen-bond donors (Lipinski definition) is 1. The fourth-order valence-electron chi connectivity index (χ4n) is 1.15. The molecule has 2 nitrogen and oxygen atoms in total. The maximum absolute atomic E-state index is 5.98. The van der Waals surface area contributed by atoms with Crippen molar-refractivity contribution in [1.29, 1.82) is 0 Å². The van der Waals surface area contributed by atoms with Crippen LogP contribution in [0.25, 0.3) is 0 Å². The zero-order chi connectivity index (χ0) is 9.84. The van der Waals surface area contributed by atoms with Crippen LogP contribution in [-0.2, 0) is 0 Å². The van der Waals surface area contributed by atoms with Gasteiger partial charge < -0.3 is 10.1 Å². The number of aryl methyl sites for hydroxylation is 1. The van der Waals surface area contributed by atoms with E-state index in [-0.39, 0.29) is 0 Å². The number of anilines is 1. The van der Waals surface area contributed by atoms with Crippen molar-refractivity contribution in [2.45, 2.75) is 13.8 Å². The van der Waals surface area contributed by atoms with Crippen LogP contribution in [0.5, 0.6) is 5.75 Å². The van der Waals surface area contributed by atoms with Crippen molar-refractivity contribution in [3.63, 3.8) is 0 Å². The molecular formula is C10H14ClNO. The molecule has 13 heavy (non-hydrogen) atoms. The summed E-state index contributed by atoms with van der Waals surface area (Å²) in [6.45, 7) is 4.85. The fourth-order valence-corrected chi connectivity index (χ4v) is 1.32. The molecule has 0 radical (unpaired) electrons. The second-order valence-corrected chi connectivity index (χ2v) is 3.24. The number of hydrogen-bond acceptors (Lipinski definition) is 2. The molecule has 0 spiro atoms. The van der Waals surface area contributed by atoms with Gasteiger partial charge in [0.05, 0.1) is 12.8 Å². The molecule has 0 saturated carbocycles. The molecule has 0 aliphatic heterocycles. The van der Waals surface area contributed by atoms with Crippen molar-refractivity contribution in [2.75, 3.05) is 19.0 Å². The predicted octanol–water partition coefficient (Wildman–Crippen LogP) is 3.09. The molecule has 0 aliphatic carbocycles. The molecule has 0 fully saturated rings. The van der Waals surface area contributed by atoms with Gasteiger partial charge in [0.15, 0.2) is 0 Å². The first-order valence-corrected chi connectivity index (χ1v) is 4.64. The molecule has 1 aromatic carbocycles. The lowest BCUT2D eigenvalue weighted by Gasteiger charge is -2.11. The number of benzene rings is 1. The van der Waals surface area contributed by atoms with E-state index in [9.17, 15) is 0 Å². The molecule has 0 bridgehead atoms. The number of methoxy groups -OCH3 is 1.